The number of nitrogens with one attached hydrogen (secondary N) is 1. The number of nitrogens with zero attached hydrogens (tertiary/aromatic N) is 1. The Morgan fingerprint density at radius 2 is 1.96 bits per heavy atom. The van der Waals surface area contributed by atoms with Crippen LogP contribution in [-0.4, -0.2) is 38.4 Å². The molecular formula is C17H22ClN3O3S2. The standard InChI is InChI=1S/C17H21N3O3S2.ClH/c18-14-6-8-20(9-7-14)17(21)13-3-1-5-16(11-13)25(22,23)19-12-15-4-2-10-24-15;/h1-5,10-11,14,19H,6-9,12,18H2;1H. The van der Waals surface area contributed by atoms with Gasteiger partial charge in [-0.1, -0.05) is 12.1 Å². The number of benzene rings is 1. The molecule has 1 amide bonds. The monoisotopic (exact) mass is 415 g/mol. The molecule has 0 unspecified atom stereocenters. The van der Waals surface area contributed by atoms with E-state index in [0.29, 0.717) is 18.7 Å². The Morgan fingerprint density at radius 3 is 2.62 bits per heavy atom. The Balaban J connectivity index is 0.00000243. The zero-order chi connectivity index (χ0) is 17.9. The minimum absolute atomic E-state index is 0. The summed E-state index contributed by atoms with van der Waals surface area (Å²) in [5, 5.41) is 1.90. The highest BCUT2D eigenvalue weighted by molar-refractivity contribution is 7.89. The largest absolute Gasteiger partial charge is 0.339 e. The fourth-order valence-corrected chi connectivity index (χ4v) is 4.53. The number of carbonyl (C=O) groups is 1. The van der Waals surface area contributed by atoms with Crippen molar-refractivity contribution in [2.24, 2.45) is 5.73 Å². The summed E-state index contributed by atoms with van der Waals surface area (Å²) < 4.78 is 27.5. The SMILES string of the molecule is Cl.NC1CCN(C(=O)c2cccc(S(=O)(=O)NCc3cccs3)c2)CC1. The highest BCUT2D eigenvalue weighted by atomic mass is 35.5. The second-order valence-electron chi connectivity index (χ2n) is 6.06. The lowest BCUT2D eigenvalue weighted by Gasteiger charge is -2.30. The molecule has 0 aliphatic carbocycles. The third-order valence-corrected chi connectivity index (χ3v) is 6.51. The predicted molar refractivity (Wildman–Crippen MR) is 105 cm³/mol. The molecule has 3 rings (SSSR count). The zero-order valence-electron chi connectivity index (χ0n) is 14.1. The molecule has 0 spiro atoms. The van der Waals surface area contributed by atoms with Crippen LogP contribution in [0.1, 0.15) is 28.1 Å². The third-order valence-electron chi connectivity index (χ3n) is 4.23. The second-order valence-corrected chi connectivity index (χ2v) is 8.86. The van der Waals surface area contributed by atoms with Gasteiger partial charge in [0.15, 0.2) is 0 Å². The number of thiophene rings is 1. The van der Waals surface area contributed by atoms with Gasteiger partial charge in [0.1, 0.15) is 0 Å². The lowest BCUT2D eigenvalue weighted by Crippen LogP contribution is -2.42. The Morgan fingerprint density at radius 1 is 1.23 bits per heavy atom. The normalized spacial score (nSPS) is 15.5. The van der Waals surface area contributed by atoms with E-state index < -0.39 is 10.0 Å². The van der Waals surface area contributed by atoms with Crippen molar-refractivity contribution in [1.82, 2.24) is 9.62 Å². The first-order chi connectivity index (χ1) is 12.0. The van der Waals surface area contributed by atoms with E-state index in [2.05, 4.69) is 4.72 Å². The van der Waals surface area contributed by atoms with E-state index >= 15 is 0 Å². The second kappa shape index (κ2) is 8.96. The molecule has 0 radical (unpaired) electrons. The van der Waals surface area contributed by atoms with Crippen LogP contribution in [0.25, 0.3) is 0 Å². The molecule has 1 saturated heterocycles. The minimum Gasteiger partial charge on any atom is -0.339 e. The number of piperidine rings is 1. The van der Waals surface area contributed by atoms with E-state index in [1.165, 1.54) is 23.5 Å². The Kier molecular flexibility index (Phi) is 7.19. The predicted octanol–water partition coefficient (Wildman–Crippen LogP) is 2.21. The summed E-state index contributed by atoms with van der Waals surface area (Å²) in [5.74, 6) is -0.151. The molecular weight excluding hydrogens is 394 g/mol. The van der Waals surface area contributed by atoms with E-state index in [1.807, 2.05) is 17.5 Å². The molecule has 0 saturated carbocycles. The van der Waals surface area contributed by atoms with Crippen LogP contribution < -0.4 is 10.5 Å². The smallest absolute Gasteiger partial charge is 0.253 e. The van der Waals surface area contributed by atoms with Gasteiger partial charge in [0.25, 0.3) is 5.91 Å². The molecule has 1 aromatic heterocycles. The maximum Gasteiger partial charge on any atom is 0.253 e. The summed E-state index contributed by atoms with van der Waals surface area (Å²) in [6.45, 7) is 1.45. The van der Waals surface area contributed by atoms with E-state index in [-0.39, 0.29) is 35.8 Å². The van der Waals surface area contributed by atoms with Gasteiger partial charge in [-0.15, -0.1) is 23.7 Å². The molecule has 2 heterocycles. The van der Waals surface area contributed by atoms with Crippen molar-refractivity contribution in [2.75, 3.05) is 13.1 Å². The van der Waals surface area contributed by atoms with Crippen LogP contribution in [0.15, 0.2) is 46.7 Å². The number of halogens is 1. The maximum atomic E-state index is 12.6. The Bertz CT molecular complexity index is 833. The van der Waals surface area contributed by atoms with E-state index in [9.17, 15) is 13.2 Å². The third kappa shape index (κ3) is 5.05. The lowest BCUT2D eigenvalue weighted by atomic mass is 10.0. The summed E-state index contributed by atoms with van der Waals surface area (Å²) in [6, 6.07) is 10.1. The summed E-state index contributed by atoms with van der Waals surface area (Å²) in [5.41, 5.74) is 6.25. The van der Waals surface area contributed by atoms with Crippen molar-refractivity contribution in [2.45, 2.75) is 30.3 Å². The van der Waals surface area contributed by atoms with Crippen LogP contribution in [0.4, 0.5) is 0 Å². The van der Waals surface area contributed by atoms with Gasteiger partial charge in [-0.3, -0.25) is 4.79 Å². The average Bonchev–Trinajstić information content (AvgIpc) is 3.14. The van der Waals surface area contributed by atoms with Crippen molar-refractivity contribution in [3.05, 3.63) is 52.2 Å². The van der Waals surface area contributed by atoms with Gasteiger partial charge >= 0.3 is 0 Å². The van der Waals surface area contributed by atoms with Crippen molar-refractivity contribution < 1.29 is 13.2 Å². The van der Waals surface area contributed by atoms with Crippen LogP contribution in [-0.2, 0) is 16.6 Å². The number of amides is 1. The molecule has 1 aliphatic rings. The quantitative estimate of drug-likeness (QED) is 0.783. The van der Waals surface area contributed by atoms with Crippen LogP contribution in [0.2, 0.25) is 0 Å². The molecule has 6 nitrogen and oxygen atoms in total. The van der Waals surface area contributed by atoms with Crippen LogP contribution >= 0.6 is 23.7 Å². The number of hydrogen-bond acceptors (Lipinski definition) is 5. The molecule has 26 heavy (non-hydrogen) atoms. The molecule has 3 N–H and O–H groups in total. The van der Waals surface area contributed by atoms with Gasteiger partial charge in [0, 0.05) is 36.1 Å². The van der Waals surface area contributed by atoms with Gasteiger partial charge < -0.3 is 10.6 Å². The van der Waals surface area contributed by atoms with Crippen LogP contribution in [0.3, 0.4) is 0 Å². The summed E-state index contributed by atoms with van der Waals surface area (Å²) in [7, 11) is -3.67. The molecule has 0 bridgehead atoms. The summed E-state index contributed by atoms with van der Waals surface area (Å²) >= 11 is 1.49. The van der Waals surface area contributed by atoms with Crippen molar-refractivity contribution >= 4 is 39.7 Å². The first kappa shape index (κ1) is 20.9. The van der Waals surface area contributed by atoms with E-state index in [1.54, 1.807) is 17.0 Å². The molecule has 9 heteroatoms. The van der Waals surface area contributed by atoms with Crippen LogP contribution in [0.5, 0.6) is 0 Å². The van der Waals surface area contributed by atoms with Crippen molar-refractivity contribution in [3.63, 3.8) is 0 Å². The maximum absolute atomic E-state index is 12.6. The molecule has 142 valence electrons. The zero-order valence-corrected chi connectivity index (χ0v) is 16.6. The first-order valence-corrected chi connectivity index (χ1v) is 10.5. The summed E-state index contributed by atoms with van der Waals surface area (Å²) in [6.07, 6.45) is 1.54. The Labute approximate surface area is 163 Å². The number of sulfonamides is 1. The van der Waals surface area contributed by atoms with Crippen LogP contribution in [0, 0.1) is 0 Å². The van der Waals surface area contributed by atoms with Gasteiger partial charge in [-0.05, 0) is 42.5 Å². The van der Waals surface area contributed by atoms with Gasteiger partial charge in [0.2, 0.25) is 10.0 Å². The van der Waals surface area contributed by atoms with Crippen molar-refractivity contribution in [1.29, 1.82) is 0 Å². The molecule has 0 atom stereocenters. The minimum atomic E-state index is -3.67. The average molecular weight is 416 g/mol. The topological polar surface area (TPSA) is 92.5 Å². The van der Waals surface area contributed by atoms with E-state index in [4.69, 9.17) is 5.73 Å². The summed E-state index contributed by atoms with van der Waals surface area (Å²) in [4.78, 5) is 15.4. The molecule has 2 aromatic rings. The first-order valence-electron chi connectivity index (χ1n) is 8.13. The van der Waals surface area contributed by atoms with E-state index in [0.717, 1.165) is 17.7 Å². The number of carbonyl (C=O) groups excluding carboxylic acids is 1. The lowest BCUT2D eigenvalue weighted by molar-refractivity contribution is 0.0714. The van der Waals surface area contributed by atoms with Crippen molar-refractivity contribution in [3.8, 4) is 0 Å². The Hall–Kier alpha value is -1.45. The number of hydrogen-bond donors (Lipinski definition) is 2. The van der Waals surface area contributed by atoms with Gasteiger partial charge in [-0.2, -0.15) is 0 Å². The fourth-order valence-electron chi connectivity index (χ4n) is 2.74. The molecule has 1 aliphatic heterocycles. The molecule has 1 fully saturated rings. The van der Waals surface area contributed by atoms with Gasteiger partial charge in [-0.25, -0.2) is 13.1 Å². The fraction of sp³-hybridized carbons (Fsp3) is 0.353. The molecule has 1 aromatic carbocycles. The van der Waals surface area contributed by atoms with Gasteiger partial charge in [0.05, 0.1) is 4.90 Å². The highest BCUT2D eigenvalue weighted by Gasteiger charge is 2.23. The highest BCUT2D eigenvalue weighted by Crippen LogP contribution is 2.17. The number of likely N-dealkylation sites (tertiary alicyclic amines) is 1. The number of nitrogens with two attached hydrogens (primary N) is 1. The number of rotatable bonds is 5.